The molecule has 0 aromatic heterocycles. The standard InChI is InChI=1S/C22H21N3O7.CH4/c1-8(26)14-19(29)17(25(2)3)11-7-9-6-10-12(24-23)4-5-13(27)16(10)18(28)15(9)21(31)22(11,32)20(14)30;/h4-5,9,11,17,32H,6-7H2,1-3H3,(H2-,26,27,28,29,30,31);1H4/p+1/t9?,11?,17-,22+;/m0./s1. The predicted molar refractivity (Wildman–Crippen MR) is 117 cm³/mol. The zero-order valence-corrected chi connectivity index (χ0v) is 17.7. The molecule has 1 fully saturated rings. The molecule has 0 amide bonds. The van der Waals surface area contributed by atoms with Gasteiger partial charge in [0.25, 0.3) is 0 Å². The van der Waals surface area contributed by atoms with Crippen molar-refractivity contribution in [2.45, 2.75) is 38.8 Å². The lowest BCUT2D eigenvalue weighted by Gasteiger charge is -2.50. The van der Waals surface area contributed by atoms with Crippen LogP contribution in [0, 0.1) is 17.2 Å². The summed E-state index contributed by atoms with van der Waals surface area (Å²) in [6, 6.07) is 1.48. The van der Waals surface area contributed by atoms with Crippen LogP contribution in [0.3, 0.4) is 0 Å². The Bertz CT molecular complexity index is 1210. The topological polar surface area (TPSA) is 164 Å². The molecule has 0 radical (unpaired) electrons. The number of aliphatic hydroxyl groups excluding tert-OH is 2. The van der Waals surface area contributed by atoms with Crippen molar-refractivity contribution in [2.24, 2.45) is 11.8 Å². The number of likely N-dealkylation sites (N-methyl/N-ethyl adjacent to an activating group) is 1. The van der Waals surface area contributed by atoms with Crippen molar-refractivity contribution in [2.75, 3.05) is 14.1 Å². The Morgan fingerprint density at radius 1 is 1.21 bits per heavy atom. The maximum Gasteiger partial charge on any atom is 0.389 e. The SMILES string of the molecule is C.CC(=O)C1=C(O)[C@@]2(O)C(=O)C3=C(O)c4c(O)ccc([N+]#N)c4CC3CC2[C@H](N(C)C)C1=O. The Kier molecular flexibility index (Phi) is 5.69. The Hall–Kier alpha value is -3.55. The van der Waals surface area contributed by atoms with Gasteiger partial charge >= 0.3 is 5.69 Å². The van der Waals surface area contributed by atoms with Crippen LogP contribution in [0.25, 0.3) is 10.7 Å². The Balaban J connectivity index is 0.00000306. The Morgan fingerprint density at radius 3 is 2.39 bits per heavy atom. The molecule has 4 rings (SSSR count). The molecule has 10 heteroatoms. The van der Waals surface area contributed by atoms with E-state index in [1.54, 1.807) is 14.1 Å². The number of hydrogen-bond acceptors (Lipinski definition) is 9. The van der Waals surface area contributed by atoms with Crippen molar-refractivity contribution >= 4 is 28.8 Å². The highest BCUT2D eigenvalue weighted by Crippen LogP contribution is 2.53. The van der Waals surface area contributed by atoms with E-state index < -0.39 is 57.9 Å². The predicted octanol–water partition coefficient (Wildman–Crippen LogP) is 2.19. The highest BCUT2D eigenvalue weighted by molar-refractivity contribution is 6.25. The molecule has 0 aliphatic heterocycles. The molecule has 3 aliphatic carbocycles. The van der Waals surface area contributed by atoms with E-state index in [9.17, 15) is 40.2 Å². The summed E-state index contributed by atoms with van der Waals surface area (Å²) in [7, 11) is 3.13. The maximum absolute atomic E-state index is 13.6. The van der Waals surface area contributed by atoms with Gasteiger partial charge in [-0.15, -0.1) is 0 Å². The lowest BCUT2D eigenvalue weighted by atomic mass is 9.57. The van der Waals surface area contributed by atoms with Gasteiger partial charge in [-0.05, 0) is 45.8 Å². The molecule has 33 heavy (non-hydrogen) atoms. The van der Waals surface area contributed by atoms with Crippen molar-refractivity contribution in [3.63, 3.8) is 0 Å². The number of nitrogens with zero attached hydrogens (tertiary/aromatic N) is 3. The molecule has 2 unspecified atom stereocenters. The van der Waals surface area contributed by atoms with Gasteiger partial charge in [0.2, 0.25) is 11.2 Å². The number of benzene rings is 1. The first kappa shape index (κ1) is 24.1. The second-order valence-corrected chi connectivity index (χ2v) is 8.71. The summed E-state index contributed by atoms with van der Waals surface area (Å²) in [5, 5.41) is 52.9. The average molecular weight is 456 g/mol. The van der Waals surface area contributed by atoms with Crippen molar-refractivity contribution in [1.82, 2.24) is 4.90 Å². The number of fused-ring (bicyclic) bond motifs is 3. The molecule has 1 aromatic carbocycles. The van der Waals surface area contributed by atoms with Crippen LogP contribution in [0.2, 0.25) is 0 Å². The molecule has 4 atom stereocenters. The summed E-state index contributed by atoms with van der Waals surface area (Å²) in [6.45, 7) is 1.06. The van der Waals surface area contributed by atoms with E-state index in [1.807, 2.05) is 0 Å². The lowest BCUT2D eigenvalue weighted by Crippen LogP contribution is -2.65. The number of diazo groups is 1. The van der Waals surface area contributed by atoms with Crippen LogP contribution in [-0.2, 0) is 20.8 Å². The van der Waals surface area contributed by atoms with Crippen LogP contribution in [0.1, 0.15) is 31.9 Å². The third-order valence-corrected chi connectivity index (χ3v) is 6.79. The summed E-state index contributed by atoms with van der Waals surface area (Å²) in [5.41, 5.74) is -3.16. The number of phenols is 1. The molecular formula is C23H26N3O7+. The van der Waals surface area contributed by atoms with Crippen LogP contribution < -0.4 is 0 Å². The number of carbonyl (C=O) groups is 3. The molecular weight excluding hydrogens is 430 g/mol. The van der Waals surface area contributed by atoms with Gasteiger partial charge in [-0.1, -0.05) is 7.43 Å². The largest absolute Gasteiger partial charge is 0.508 e. The maximum atomic E-state index is 13.6. The fraction of sp³-hybridized carbons (Fsp3) is 0.435. The van der Waals surface area contributed by atoms with E-state index in [4.69, 9.17) is 0 Å². The molecule has 0 bridgehead atoms. The van der Waals surface area contributed by atoms with E-state index in [0.717, 1.165) is 6.92 Å². The fourth-order valence-electron chi connectivity index (χ4n) is 5.42. The molecule has 4 N–H and O–H groups in total. The normalized spacial score (nSPS) is 28.5. The van der Waals surface area contributed by atoms with Crippen LogP contribution in [0.15, 0.2) is 29.0 Å². The molecule has 174 valence electrons. The highest BCUT2D eigenvalue weighted by atomic mass is 16.3. The summed E-state index contributed by atoms with van der Waals surface area (Å²) in [6.07, 6.45) is 0.0879. The van der Waals surface area contributed by atoms with E-state index in [2.05, 4.69) is 4.98 Å². The highest BCUT2D eigenvalue weighted by Gasteiger charge is 2.64. The van der Waals surface area contributed by atoms with Gasteiger partial charge in [-0.2, -0.15) is 0 Å². The first-order valence-corrected chi connectivity index (χ1v) is 10.0. The van der Waals surface area contributed by atoms with E-state index in [1.165, 1.54) is 17.0 Å². The second kappa shape index (κ2) is 7.79. The van der Waals surface area contributed by atoms with Crippen LogP contribution >= 0.6 is 0 Å². The minimum absolute atomic E-state index is 0. The summed E-state index contributed by atoms with van der Waals surface area (Å²) in [4.78, 5) is 43.4. The smallest absolute Gasteiger partial charge is 0.389 e. The minimum atomic E-state index is -2.60. The van der Waals surface area contributed by atoms with Crippen LogP contribution in [-0.4, -0.2) is 68.4 Å². The van der Waals surface area contributed by atoms with E-state index >= 15 is 0 Å². The van der Waals surface area contributed by atoms with Gasteiger partial charge in [-0.3, -0.25) is 19.3 Å². The minimum Gasteiger partial charge on any atom is -0.508 e. The van der Waals surface area contributed by atoms with E-state index in [0.29, 0.717) is 5.56 Å². The van der Waals surface area contributed by atoms with Gasteiger partial charge in [-0.25, -0.2) is 0 Å². The lowest BCUT2D eigenvalue weighted by molar-refractivity contribution is -0.153. The first-order valence-electron chi connectivity index (χ1n) is 10.0. The van der Waals surface area contributed by atoms with Crippen molar-refractivity contribution < 1.29 is 34.8 Å². The summed E-state index contributed by atoms with van der Waals surface area (Å²) >= 11 is 0. The van der Waals surface area contributed by atoms with Gasteiger partial charge in [0, 0.05) is 17.6 Å². The number of aromatic hydroxyl groups is 1. The molecule has 0 spiro atoms. The monoisotopic (exact) mass is 456 g/mol. The first-order chi connectivity index (χ1) is 15.0. The van der Waals surface area contributed by atoms with Gasteiger partial charge < -0.3 is 20.4 Å². The third kappa shape index (κ3) is 3.00. The van der Waals surface area contributed by atoms with Crippen LogP contribution in [0.5, 0.6) is 5.75 Å². The van der Waals surface area contributed by atoms with Crippen molar-refractivity contribution in [3.05, 3.63) is 45.1 Å². The number of hydrogen-bond donors (Lipinski definition) is 4. The summed E-state index contributed by atoms with van der Waals surface area (Å²) in [5.74, 6) is -6.29. The van der Waals surface area contributed by atoms with Crippen molar-refractivity contribution in [1.29, 1.82) is 5.39 Å². The fourth-order valence-corrected chi connectivity index (χ4v) is 5.42. The summed E-state index contributed by atoms with van der Waals surface area (Å²) < 4.78 is 0. The zero-order chi connectivity index (χ0) is 23.7. The molecule has 1 saturated carbocycles. The molecule has 1 aromatic rings. The third-order valence-electron chi connectivity index (χ3n) is 6.79. The number of phenolic OH excluding ortho intramolecular Hbond substituents is 1. The van der Waals surface area contributed by atoms with E-state index in [-0.39, 0.29) is 42.8 Å². The molecule has 3 aliphatic rings. The van der Waals surface area contributed by atoms with Crippen molar-refractivity contribution in [3.8, 4) is 5.75 Å². The van der Waals surface area contributed by atoms with Gasteiger partial charge in [0.05, 0.1) is 17.2 Å². The Morgan fingerprint density at radius 2 is 1.85 bits per heavy atom. The number of ketones is 3. The molecule has 0 saturated heterocycles. The molecule has 10 nitrogen and oxygen atoms in total. The number of carbonyl (C=O) groups excluding carboxylic acids is 3. The number of aliphatic hydroxyl groups is 3. The number of rotatable bonds is 2. The number of Topliss-reactive ketones (excluding diaryl/α,β-unsaturated/α-hetero) is 3. The quantitative estimate of drug-likeness (QED) is 0.386. The van der Waals surface area contributed by atoms with Crippen LogP contribution in [0.4, 0.5) is 5.69 Å². The second-order valence-electron chi connectivity index (χ2n) is 8.71. The van der Waals surface area contributed by atoms with Gasteiger partial charge in [0.1, 0.15) is 22.8 Å². The average Bonchev–Trinajstić information content (AvgIpc) is 2.70. The Labute approximate surface area is 190 Å². The van der Waals surface area contributed by atoms with Gasteiger partial charge in [0.15, 0.2) is 22.1 Å². The molecule has 0 heterocycles. The zero-order valence-electron chi connectivity index (χ0n) is 17.7.